The minimum Gasteiger partial charge on any atom is -0.481 e. The number of anilines is 1. The van der Waals surface area contributed by atoms with Crippen LogP contribution in [-0.4, -0.2) is 22.7 Å². The van der Waals surface area contributed by atoms with Crippen molar-refractivity contribution in [3.05, 3.63) is 24.3 Å². The topological polar surface area (TPSA) is 66.4 Å². The second-order valence-corrected chi connectivity index (χ2v) is 4.78. The molecule has 17 heavy (non-hydrogen) atoms. The van der Waals surface area contributed by atoms with E-state index in [4.69, 9.17) is 5.11 Å². The Morgan fingerprint density at radius 2 is 2.06 bits per heavy atom. The Morgan fingerprint density at radius 3 is 2.65 bits per heavy atom. The summed E-state index contributed by atoms with van der Waals surface area (Å²) in [5.74, 6) is -1.78. The van der Waals surface area contributed by atoms with E-state index in [2.05, 4.69) is 5.32 Å². The predicted octanol–water partition coefficient (Wildman–Crippen LogP) is 2.46. The molecule has 0 fully saturated rings. The van der Waals surface area contributed by atoms with Gasteiger partial charge in [-0.1, -0.05) is 19.1 Å². The summed E-state index contributed by atoms with van der Waals surface area (Å²) in [6, 6.07) is 7.36. The number of nitrogens with one attached hydrogen (secondary N) is 1. The van der Waals surface area contributed by atoms with Crippen molar-refractivity contribution in [2.24, 2.45) is 5.92 Å². The second-order valence-electron chi connectivity index (χ2n) is 3.48. The van der Waals surface area contributed by atoms with Crippen LogP contribution in [0.25, 0.3) is 0 Å². The molecule has 0 saturated carbocycles. The molecular weight excluding hydrogens is 238 g/mol. The lowest BCUT2D eigenvalue weighted by Gasteiger charge is -2.11. The Balaban J connectivity index is 2.80. The van der Waals surface area contributed by atoms with Gasteiger partial charge in [-0.15, -0.1) is 11.8 Å². The van der Waals surface area contributed by atoms with Crippen molar-refractivity contribution >= 4 is 29.3 Å². The molecule has 92 valence electrons. The fourth-order valence-corrected chi connectivity index (χ4v) is 1.96. The molecule has 4 nitrogen and oxygen atoms in total. The third kappa shape index (κ3) is 3.78. The van der Waals surface area contributed by atoms with Crippen LogP contribution in [0, 0.1) is 5.92 Å². The van der Waals surface area contributed by atoms with Crippen molar-refractivity contribution in [2.45, 2.75) is 18.7 Å². The summed E-state index contributed by atoms with van der Waals surface area (Å²) < 4.78 is 0. The van der Waals surface area contributed by atoms with Gasteiger partial charge in [0, 0.05) is 4.90 Å². The quantitative estimate of drug-likeness (QED) is 0.625. The summed E-state index contributed by atoms with van der Waals surface area (Å²) in [7, 11) is 0. The van der Waals surface area contributed by atoms with Gasteiger partial charge < -0.3 is 10.4 Å². The number of carboxylic acid groups (broad SMARTS) is 1. The summed E-state index contributed by atoms with van der Waals surface area (Å²) >= 11 is 1.60. The van der Waals surface area contributed by atoms with Gasteiger partial charge in [0.2, 0.25) is 5.91 Å². The predicted molar refractivity (Wildman–Crippen MR) is 68.3 cm³/mol. The van der Waals surface area contributed by atoms with Crippen LogP contribution in [-0.2, 0) is 9.59 Å². The third-order valence-electron chi connectivity index (χ3n) is 2.21. The lowest BCUT2D eigenvalue weighted by molar-refractivity contribution is -0.144. The van der Waals surface area contributed by atoms with Crippen molar-refractivity contribution in [3.8, 4) is 0 Å². The molecule has 1 atom stereocenters. The van der Waals surface area contributed by atoms with Crippen LogP contribution < -0.4 is 5.32 Å². The molecular formula is C12H15NO3S. The number of amides is 1. The van der Waals surface area contributed by atoms with Crippen molar-refractivity contribution in [1.29, 1.82) is 0 Å². The first-order valence-electron chi connectivity index (χ1n) is 5.31. The second kappa shape index (κ2) is 6.30. The average molecular weight is 253 g/mol. The van der Waals surface area contributed by atoms with Crippen molar-refractivity contribution < 1.29 is 14.7 Å². The van der Waals surface area contributed by atoms with Crippen LogP contribution in [0.15, 0.2) is 29.2 Å². The molecule has 0 bridgehead atoms. The van der Waals surface area contributed by atoms with Crippen LogP contribution in [0.4, 0.5) is 5.69 Å². The maximum absolute atomic E-state index is 11.6. The Labute approximate surface area is 104 Å². The molecule has 1 aromatic carbocycles. The molecule has 1 rings (SSSR count). The van der Waals surface area contributed by atoms with Crippen LogP contribution in [0.3, 0.4) is 0 Å². The average Bonchev–Trinajstić information content (AvgIpc) is 2.30. The summed E-state index contributed by atoms with van der Waals surface area (Å²) in [5, 5.41) is 11.4. The fraction of sp³-hybridized carbons (Fsp3) is 0.333. The highest BCUT2D eigenvalue weighted by molar-refractivity contribution is 7.99. The smallest absolute Gasteiger partial charge is 0.315 e. The van der Waals surface area contributed by atoms with E-state index in [1.807, 2.05) is 19.1 Å². The zero-order valence-corrected chi connectivity index (χ0v) is 10.6. The van der Waals surface area contributed by atoms with E-state index in [1.165, 1.54) is 6.92 Å². The van der Waals surface area contributed by atoms with Crippen LogP contribution in [0.1, 0.15) is 13.8 Å². The maximum atomic E-state index is 11.6. The number of carbonyl (C=O) groups excluding carboxylic acids is 1. The number of carboxylic acids is 1. The molecule has 0 radical (unpaired) electrons. The Morgan fingerprint density at radius 1 is 1.41 bits per heavy atom. The first kappa shape index (κ1) is 13.6. The van der Waals surface area contributed by atoms with E-state index in [0.717, 1.165) is 10.6 Å². The molecule has 1 aromatic rings. The zero-order chi connectivity index (χ0) is 12.8. The van der Waals surface area contributed by atoms with Crippen LogP contribution >= 0.6 is 11.8 Å². The molecule has 5 heteroatoms. The highest BCUT2D eigenvalue weighted by Crippen LogP contribution is 2.26. The number of hydrogen-bond acceptors (Lipinski definition) is 3. The number of benzene rings is 1. The van der Waals surface area contributed by atoms with Crippen molar-refractivity contribution in [2.75, 3.05) is 11.1 Å². The first-order chi connectivity index (χ1) is 8.06. The molecule has 0 heterocycles. The number of carbonyl (C=O) groups is 2. The normalized spacial score (nSPS) is 11.9. The number of thioether (sulfide) groups is 1. The van der Waals surface area contributed by atoms with Gasteiger partial charge in [-0.3, -0.25) is 9.59 Å². The lowest BCUT2D eigenvalue weighted by Crippen LogP contribution is -2.27. The molecule has 0 aliphatic rings. The summed E-state index contributed by atoms with van der Waals surface area (Å²) in [5.41, 5.74) is 0.664. The van der Waals surface area contributed by atoms with Crippen molar-refractivity contribution in [1.82, 2.24) is 0 Å². The molecule has 0 spiro atoms. The minimum absolute atomic E-state index is 0.498. The Kier molecular flexibility index (Phi) is 5.03. The lowest BCUT2D eigenvalue weighted by atomic mass is 10.1. The number of para-hydroxylation sites is 1. The largest absolute Gasteiger partial charge is 0.481 e. The molecule has 1 unspecified atom stereocenters. The van der Waals surface area contributed by atoms with Gasteiger partial charge in [0.05, 0.1) is 5.69 Å². The zero-order valence-electron chi connectivity index (χ0n) is 9.77. The van der Waals surface area contributed by atoms with Gasteiger partial charge in [-0.2, -0.15) is 0 Å². The highest BCUT2D eigenvalue weighted by Gasteiger charge is 2.21. The molecule has 0 aromatic heterocycles. The van der Waals surface area contributed by atoms with E-state index in [9.17, 15) is 9.59 Å². The number of rotatable bonds is 5. The van der Waals surface area contributed by atoms with E-state index in [1.54, 1.807) is 23.9 Å². The minimum atomic E-state index is -1.12. The monoisotopic (exact) mass is 253 g/mol. The summed E-state index contributed by atoms with van der Waals surface area (Å²) in [6.45, 7) is 3.39. The van der Waals surface area contributed by atoms with Crippen molar-refractivity contribution in [3.63, 3.8) is 0 Å². The van der Waals surface area contributed by atoms with Gasteiger partial charge in [-0.05, 0) is 24.8 Å². The summed E-state index contributed by atoms with van der Waals surface area (Å²) in [4.78, 5) is 23.2. The number of hydrogen-bond donors (Lipinski definition) is 2. The van der Waals surface area contributed by atoms with Gasteiger partial charge in [0.1, 0.15) is 5.92 Å². The number of aliphatic carboxylic acids is 1. The fourth-order valence-electron chi connectivity index (χ4n) is 1.20. The van der Waals surface area contributed by atoms with E-state index < -0.39 is 17.8 Å². The van der Waals surface area contributed by atoms with Gasteiger partial charge in [0.15, 0.2) is 0 Å². The van der Waals surface area contributed by atoms with E-state index in [0.29, 0.717) is 5.69 Å². The molecule has 0 aliphatic carbocycles. The standard InChI is InChI=1S/C12H15NO3S/c1-3-17-10-7-5-4-6-9(10)13-11(14)8(2)12(15)16/h4-8H,3H2,1-2H3,(H,13,14)(H,15,16). The van der Waals surface area contributed by atoms with E-state index >= 15 is 0 Å². The van der Waals surface area contributed by atoms with Gasteiger partial charge >= 0.3 is 5.97 Å². The third-order valence-corrected chi connectivity index (χ3v) is 3.16. The first-order valence-corrected chi connectivity index (χ1v) is 6.30. The van der Waals surface area contributed by atoms with E-state index in [-0.39, 0.29) is 0 Å². The molecule has 2 N–H and O–H groups in total. The highest BCUT2D eigenvalue weighted by atomic mass is 32.2. The summed E-state index contributed by atoms with van der Waals surface area (Å²) in [6.07, 6.45) is 0. The Bertz CT molecular complexity index is 420. The van der Waals surface area contributed by atoms with Crippen LogP contribution in [0.5, 0.6) is 0 Å². The SMILES string of the molecule is CCSc1ccccc1NC(=O)C(C)C(=O)O. The van der Waals surface area contributed by atoms with Gasteiger partial charge in [0.25, 0.3) is 0 Å². The molecule has 0 saturated heterocycles. The molecule has 0 aliphatic heterocycles. The van der Waals surface area contributed by atoms with Gasteiger partial charge in [-0.25, -0.2) is 0 Å². The maximum Gasteiger partial charge on any atom is 0.315 e. The van der Waals surface area contributed by atoms with Crippen LogP contribution in [0.2, 0.25) is 0 Å². The Hall–Kier alpha value is -1.49. The molecule has 1 amide bonds.